The number of amides is 1. The van der Waals surface area contributed by atoms with Crippen LogP contribution in [0, 0.1) is 25.7 Å². The SMILES string of the molecule is COc1ccc(OC)c(C2C3=C(OC4CCC(C)CC4C3=O)C(=O)N2c2nc(C)c(C)s2)c1. The Morgan fingerprint density at radius 2 is 1.94 bits per heavy atom. The first-order valence-electron chi connectivity index (χ1n) is 11.3. The molecule has 1 aromatic carbocycles. The van der Waals surface area contributed by atoms with Gasteiger partial charge in [-0.3, -0.25) is 14.5 Å². The number of hydrogen-bond acceptors (Lipinski definition) is 7. The van der Waals surface area contributed by atoms with E-state index >= 15 is 0 Å². The lowest BCUT2D eigenvalue weighted by molar-refractivity contribution is -0.132. The van der Waals surface area contributed by atoms with Crippen molar-refractivity contribution >= 4 is 28.2 Å². The Bertz CT molecular complexity index is 1150. The Morgan fingerprint density at radius 3 is 2.61 bits per heavy atom. The zero-order valence-corrected chi connectivity index (χ0v) is 20.3. The van der Waals surface area contributed by atoms with Gasteiger partial charge in [0.05, 0.1) is 31.4 Å². The summed E-state index contributed by atoms with van der Waals surface area (Å²) in [5, 5.41) is 0.548. The van der Waals surface area contributed by atoms with Crippen molar-refractivity contribution in [1.82, 2.24) is 4.98 Å². The first-order chi connectivity index (χ1) is 15.8. The molecule has 3 aliphatic rings. The lowest BCUT2D eigenvalue weighted by atomic mass is 9.74. The summed E-state index contributed by atoms with van der Waals surface area (Å²) in [5.41, 5.74) is 1.95. The number of carbonyl (C=O) groups is 2. The van der Waals surface area contributed by atoms with Gasteiger partial charge >= 0.3 is 0 Å². The Kier molecular flexibility index (Phi) is 5.43. The molecule has 0 radical (unpaired) electrons. The van der Waals surface area contributed by atoms with Gasteiger partial charge in [0.15, 0.2) is 16.7 Å². The van der Waals surface area contributed by atoms with Gasteiger partial charge in [-0.05, 0) is 57.2 Å². The van der Waals surface area contributed by atoms with Crippen LogP contribution in [0.5, 0.6) is 11.5 Å². The first kappa shape index (κ1) is 21.9. The van der Waals surface area contributed by atoms with Gasteiger partial charge in [-0.1, -0.05) is 6.92 Å². The number of thiazole rings is 1. The minimum Gasteiger partial charge on any atom is -0.497 e. The fraction of sp³-hybridized carbons (Fsp3) is 0.480. The Labute approximate surface area is 197 Å². The lowest BCUT2D eigenvalue weighted by Gasteiger charge is -2.37. The van der Waals surface area contributed by atoms with Crippen molar-refractivity contribution in [2.45, 2.75) is 52.2 Å². The summed E-state index contributed by atoms with van der Waals surface area (Å²) < 4.78 is 17.4. The van der Waals surface area contributed by atoms with E-state index in [9.17, 15) is 9.59 Å². The van der Waals surface area contributed by atoms with Crippen molar-refractivity contribution < 1.29 is 23.8 Å². The third-order valence-corrected chi connectivity index (χ3v) is 8.14. The van der Waals surface area contributed by atoms with E-state index in [1.807, 2.05) is 19.9 Å². The average molecular weight is 469 g/mol. The molecule has 1 aliphatic carbocycles. The molecule has 3 heterocycles. The average Bonchev–Trinajstić information content (AvgIpc) is 3.29. The number of aryl methyl sites for hydroxylation is 2. The van der Waals surface area contributed by atoms with E-state index in [0.29, 0.717) is 33.7 Å². The molecule has 4 atom stereocenters. The number of carbonyl (C=O) groups excluding carboxylic acids is 2. The number of rotatable bonds is 4. The van der Waals surface area contributed by atoms with Crippen molar-refractivity contribution in [3.05, 3.63) is 45.7 Å². The van der Waals surface area contributed by atoms with Gasteiger partial charge in [0.25, 0.3) is 5.91 Å². The summed E-state index contributed by atoms with van der Waals surface area (Å²) >= 11 is 1.44. The standard InChI is InChI=1S/C25H28N2O5S/c1-12-6-8-19-17(10-12)22(28)20-21(16-11-15(30-4)7-9-18(16)31-5)27(24(29)23(20)32-19)25-26-13(2)14(3)33-25/h7,9,11-12,17,19,21H,6,8,10H2,1-5H3. The molecular weight excluding hydrogens is 440 g/mol. The normalized spacial score (nSPS) is 26.8. The summed E-state index contributed by atoms with van der Waals surface area (Å²) in [4.78, 5) is 35.0. The molecule has 0 spiro atoms. The molecule has 1 saturated carbocycles. The fourth-order valence-electron chi connectivity index (χ4n) is 5.18. The number of methoxy groups -OCH3 is 2. The second kappa shape index (κ2) is 8.17. The van der Waals surface area contributed by atoms with Gasteiger partial charge in [0.1, 0.15) is 23.6 Å². The zero-order chi connectivity index (χ0) is 23.4. The highest BCUT2D eigenvalue weighted by Gasteiger charge is 2.54. The first-order valence-corrected chi connectivity index (χ1v) is 12.1. The predicted molar refractivity (Wildman–Crippen MR) is 125 cm³/mol. The molecule has 5 rings (SSSR count). The number of ketones is 1. The maximum absolute atomic E-state index is 13.9. The van der Waals surface area contributed by atoms with E-state index < -0.39 is 6.04 Å². The number of ether oxygens (including phenoxy) is 3. The molecular formula is C25H28N2O5S. The second-order valence-corrected chi connectivity index (χ2v) is 10.3. The number of nitrogens with zero attached hydrogens (tertiary/aromatic N) is 2. The fourth-order valence-corrected chi connectivity index (χ4v) is 6.12. The Balaban J connectivity index is 1.70. The molecule has 0 N–H and O–H groups in total. The number of aromatic nitrogens is 1. The van der Waals surface area contributed by atoms with Crippen LogP contribution in [0.25, 0.3) is 0 Å². The summed E-state index contributed by atoms with van der Waals surface area (Å²) in [7, 11) is 3.17. The van der Waals surface area contributed by atoms with Gasteiger partial charge in [-0.2, -0.15) is 0 Å². The third kappa shape index (κ3) is 3.42. The molecule has 2 aliphatic heterocycles. The molecule has 33 heavy (non-hydrogen) atoms. The van der Waals surface area contributed by atoms with Crippen molar-refractivity contribution in [3.63, 3.8) is 0 Å². The summed E-state index contributed by atoms with van der Waals surface area (Å²) in [6.45, 7) is 6.06. The monoisotopic (exact) mass is 468 g/mol. The van der Waals surface area contributed by atoms with Crippen molar-refractivity contribution in [2.24, 2.45) is 11.8 Å². The predicted octanol–water partition coefficient (Wildman–Crippen LogP) is 4.52. The van der Waals surface area contributed by atoms with Crippen LogP contribution in [0.15, 0.2) is 29.5 Å². The van der Waals surface area contributed by atoms with E-state index in [2.05, 4.69) is 11.9 Å². The molecule has 174 valence electrons. The zero-order valence-electron chi connectivity index (χ0n) is 19.5. The van der Waals surface area contributed by atoms with Gasteiger partial charge in [0.2, 0.25) is 0 Å². The number of anilines is 1. The summed E-state index contributed by atoms with van der Waals surface area (Å²) in [6.07, 6.45) is 2.30. The van der Waals surface area contributed by atoms with Crippen LogP contribution in [-0.4, -0.2) is 37.0 Å². The van der Waals surface area contributed by atoms with Crippen molar-refractivity contribution in [1.29, 1.82) is 0 Å². The van der Waals surface area contributed by atoms with Crippen LogP contribution < -0.4 is 14.4 Å². The minimum atomic E-state index is -0.687. The molecule has 0 bridgehead atoms. The van der Waals surface area contributed by atoms with Crippen molar-refractivity contribution in [2.75, 3.05) is 19.1 Å². The molecule has 1 aromatic heterocycles. The van der Waals surface area contributed by atoms with E-state index in [4.69, 9.17) is 14.2 Å². The van der Waals surface area contributed by atoms with Crippen LogP contribution in [0.4, 0.5) is 5.13 Å². The van der Waals surface area contributed by atoms with Gasteiger partial charge < -0.3 is 14.2 Å². The van der Waals surface area contributed by atoms with Gasteiger partial charge in [-0.25, -0.2) is 4.98 Å². The van der Waals surface area contributed by atoms with Crippen LogP contribution in [0.3, 0.4) is 0 Å². The smallest absolute Gasteiger partial charge is 0.296 e. The van der Waals surface area contributed by atoms with E-state index in [0.717, 1.165) is 29.8 Å². The maximum Gasteiger partial charge on any atom is 0.296 e. The van der Waals surface area contributed by atoms with Gasteiger partial charge in [-0.15, -0.1) is 11.3 Å². The molecule has 1 fully saturated rings. The molecule has 4 unspecified atom stereocenters. The Hall–Kier alpha value is -2.87. The molecule has 2 aromatic rings. The highest BCUT2D eigenvalue weighted by Crippen LogP contribution is 2.51. The largest absolute Gasteiger partial charge is 0.497 e. The number of hydrogen-bond donors (Lipinski definition) is 0. The topological polar surface area (TPSA) is 78.0 Å². The van der Waals surface area contributed by atoms with Crippen LogP contribution in [0.1, 0.15) is 48.4 Å². The number of benzene rings is 1. The molecule has 8 heteroatoms. The highest BCUT2D eigenvalue weighted by molar-refractivity contribution is 7.15. The van der Waals surface area contributed by atoms with E-state index in [-0.39, 0.29) is 29.5 Å². The molecule has 0 saturated heterocycles. The number of fused-ring (bicyclic) bond motifs is 1. The summed E-state index contributed by atoms with van der Waals surface area (Å²) in [6, 6.07) is 4.74. The van der Waals surface area contributed by atoms with Crippen LogP contribution in [0.2, 0.25) is 0 Å². The van der Waals surface area contributed by atoms with Crippen molar-refractivity contribution in [3.8, 4) is 11.5 Å². The third-order valence-electron chi connectivity index (χ3n) is 7.06. The highest BCUT2D eigenvalue weighted by atomic mass is 32.1. The van der Waals surface area contributed by atoms with E-state index in [1.54, 1.807) is 31.3 Å². The summed E-state index contributed by atoms with van der Waals surface area (Å²) in [5.74, 6) is 1.25. The molecule has 7 nitrogen and oxygen atoms in total. The molecule has 1 amide bonds. The quantitative estimate of drug-likeness (QED) is 0.656. The lowest BCUT2D eigenvalue weighted by Crippen LogP contribution is -2.41. The second-order valence-electron chi connectivity index (χ2n) is 9.11. The van der Waals surface area contributed by atoms with Crippen LogP contribution in [-0.2, 0) is 14.3 Å². The maximum atomic E-state index is 13.9. The van der Waals surface area contributed by atoms with Crippen LogP contribution >= 0.6 is 11.3 Å². The number of Topliss-reactive ketones (excluding diaryl/α,β-unsaturated/α-hetero) is 1. The van der Waals surface area contributed by atoms with Gasteiger partial charge in [0, 0.05) is 10.4 Å². The minimum absolute atomic E-state index is 0.00326. The van der Waals surface area contributed by atoms with E-state index in [1.165, 1.54) is 11.3 Å². The Morgan fingerprint density at radius 1 is 1.15 bits per heavy atom.